The molecule has 4 heteroatoms. The van der Waals surface area contributed by atoms with E-state index in [4.69, 9.17) is 0 Å². The molecule has 1 unspecified atom stereocenters. The predicted octanol–water partition coefficient (Wildman–Crippen LogP) is 3.73. The van der Waals surface area contributed by atoms with Gasteiger partial charge in [0, 0.05) is 39.4 Å². The summed E-state index contributed by atoms with van der Waals surface area (Å²) in [6, 6.07) is 7.49. The van der Waals surface area contributed by atoms with Crippen molar-refractivity contribution in [3.8, 4) is 0 Å². The maximum Gasteiger partial charge on any atom is 0.0378 e. The van der Waals surface area contributed by atoms with Gasteiger partial charge in [-0.25, -0.2) is 0 Å². The van der Waals surface area contributed by atoms with Crippen molar-refractivity contribution < 1.29 is 0 Å². The van der Waals surface area contributed by atoms with Crippen LogP contribution in [0, 0.1) is 3.57 Å². The topological polar surface area (TPSA) is 6.48 Å². The lowest BCUT2D eigenvalue weighted by atomic mass is 9.99. The van der Waals surface area contributed by atoms with Crippen LogP contribution in [-0.2, 0) is 0 Å². The molecule has 3 rings (SSSR count). The minimum atomic E-state index is 0.786. The van der Waals surface area contributed by atoms with Crippen LogP contribution in [0.4, 0.5) is 5.69 Å². The smallest absolute Gasteiger partial charge is 0.0378 e. The highest BCUT2D eigenvalue weighted by Gasteiger charge is 2.28. The van der Waals surface area contributed by atoms with Gasteiger partial charge in [0.05, 0.1) is 0 Å². The second kappa shape index (κ2) is 5.67. The lowest BCUT2D eigenvalue weighted by Gasteiger charge is -2.45. The predicted molar refractivity (Wildman–Crippen MR) is 88.3 cm³/mol. The van der Waals surface area contributed by atoms with Crippen molar-refractivity contribution >= 4 is 44.2 Å². The Morgan fingerprint density at radius 3 is 2.89 bits per heavy atom. The second-order valence-electron chi connectivity index (χ2n) is 5.23. The summed E-state index contributed by atoms with van der Waals surface area (Å²) in [5.41, 5.74) is 1.38. The van der Waals surface area contributed by atoms with Gasteiger partial charge in [-0.2, -0.15) is 0 Å². The van der Waals surface area contributed by atoms with E-state index in [2.05, 4.69) is 66.5 Å². The molecule has 2 saturated heterocycles. The number of anilines is 1. The number of hydrogen-bond acceptors (Lipinski definition) is 2. The Morgan fingerprint density at radius 2 is 2.06 bits per heavy atom. The van der Waals surface area contributed by atoms with E-state index < -0.39 is 0 Å². The standard InChI is InChI=1S/C14H18BrIN2/c15-13-5-4-11(9-14(13)16)18-8-7-17-6-2-1-3-12(17)10-18/h4-5,9,12H,1-3,6-8,10H2. The van der Waals surface area contributed by atoms with Crippen LogP contribution in [0.25, 0.3) is 0 Å². The molecule has 18 heavy (non-hydrogen) atoms. The van der Waals surface area contributed by atoms with Gasteiger partial charge < -0.3 is 4.90 Å². The molecule has 0 radical (unpaired) electrons. The fourth-order valence-electron chi connectivity index (χ4n) is 3.07. The lowest BCUT2D eigenvalue weighted by molar-refractivity contribution is 0.133. The van der Waals surface area contributed by atoms with Crippen LogP contribution in [0.5, 0.6) is 0 Å². The SMILES string of the molecule is Brc1ccc(N2CCN3CCCCC3C2)cc1I. The molecular weight excluding hydrogens is 403 g/mol. The van der Waals surface area contributed by atoms with Crippen LogP contribution in [0.1, 0.15) is 19.3 Å². The molecule has 2 aliphatic heterocycles. The van der Waals surface area contributed by atoms with Gasteiger partial charge in [0.2, 0.25) is 0 Å². The van der Waals surface area contributed by atoms with Gasteiger partial charge in [0.15, 0.2) is 0 Å². The highest BCUT2D eigenvalue weighted by atomic mass is 127. The van der Waals surface area contributed by atoms with Crippen molar-refractivity contribution in [3.05, 3.63) is 26.2 Å². The quantitative estimate of drug-likeness (QED) is 0.638. The van der Waals surface area contributed by atoms with Gasteiger partial charge in [-0.05, 0) is 76.1 Å². The monoisotopic (exact) mass is 420 g/mol. The first-order chi connectivity index (χ1) is 8.74. The number of hydrogen-bond donors (Lipinski definition) is 0. The minimum absolute atomic E-state index is 0.786. The number of halogens is 2. The molecule has 1 aromatic rings. The normalized spacial score (nSPS) is 25.0. The highest BCUT2D eigenvalue weighted by molar-refractivity contribution is 14.1. The molecule has 0 spiro atoms. The van der Waals surface area contributed by atoms with Crippen molar-refractivity contribution in [2.75, 3.05) is 31.1 Å². The molecule has 2 nitrogen and oxygen atoms in total. The van der Waals surface area contributed by atoms with E-state index in [1.54, 1.807) is 0 Å². The zero-order valence-corrected chi connectivity index (χ0v) is 14.2. The molecule has 1 aromatic carbocycles. The van der Waals surface area contributed by atoms with Crippen LogP contribution >= 0.6 is 38.5 Å². The summed E-state index contributed by atoms with van der Waals surface area (Å²) >= 11 is 5.97. The molecule has 2 aliphatic rings. The second-order valence-corrected chi connectivity index (χ2v) is 7.25. The molecular formula is C14H18BrIN2. The third kappa shape index (κ3) is 2.70. The molecule has 2 fully saturated rings. The van der Waals surface area contributed by atoms with E-state index in [0.29, 0.717) is 0 Å². The van der Waals surface area contributed by atoms with E-state index in [1.165, 1.54) is 59.2 Å². The van der Waals surface area contributed by atoms with Crippen LogP contribution in [0.2, 0.25) is 0 Å². The fourth-order valence-corrected chi connectivity index (χ4v) is 3.82. The summed E-state index contributed by atoms with van der Waals surface area (Å²) in [4.78, 5) is 5.24. The Kier molecular flexibility index (Phi) is 4.15. The van der Waals surface area contributed by atoms with Crippen molar-refractivity contribution in [1.29, 1.82) is 0 Å². The Balaban J connectivity index is 1.75. The molecule has 2 heterocycles. The van der Waals surface area contributed by atoms with Gasteiger partial charge in [0.25, 0.3) is 0 Å². The molecule has 0 aromatic heterocycles. The lowest BCUT2D eigenvalue weighted by Crippen LogP contribution is -2.54. The minimum Gasteiger partial charge on any atom is -0.369 e. The highest BCUT2D eigenvalue weighted by Crippen LogP contribution is 2.28. The Morgan fingerprint density at radius 1 is 1.17 bits per heavy atom. The average molecular weight is 421 g/mol. The molecule has 0 bridgehead atoms. The first kappa shape index (κ1) is 13.2. The van der Waals surface area contributed by atoms with E-state index in [-0.39, 0.29) is 0 Å². The van der Waals surface area contributed by atoms with Crippen LogP contribution in [-0.4, -0.2) is 37.1 Å². The van der Waals surface area contributed by atoms with Gasteiger partial charge in [-0.3, -0.25) is 4.90 Å². The molecule has 0 aliphatic carbocycles. The number of benzene rings is 1. The third-order valence-electron chi connectivity index (χ3n) is 4.11. The first-order valence-corrected chi connectivity index (χ1v) is 8.55. The number of fused-ring (bicyclic) bond motifs is 1. The van der Waals surface area contributed by atoms with E-state index in [9.17, 15) is 0 Å². The van der Waals surface area contributed by atoms with Crippen molar-refractivity contribution in [1.82, 2.24) is 4.90 Å². The summed E-state index contributed by atoms with van der Waals surface area (Å²) in [7, 11) is 0. The first-order valence-electron chi connectivity index (χ1n) is 6.68. The van der Waals surface area contributed by atoms with E-state index in [1.807, 2.05) is 0 Å². The van der Waals surface area contributed by atoms with Crippen molar-refractivity contribution in [3.63, 3.8) is 0 Å². The Bertz CT molecular complexity index is 438. The Hall–Kier alpha value is 0.190. The van der Waals surface area contributed by atoms with Crippen LogP contribution in [0.3, 0.4) is 0 Å². The van der Waals surface area contributed by atoms with E-state index in [0.717, 1.165) is 6.04 Å². The summed E-state index contributed by atoms with van der Waals surface area (Å²) in [6.07, 6.45) is 4.18. The van der Waals surface area contributed by atoms with Gasteiger partial charge in [-0.1, -0.05) is 6.42 Å². The molecule has 1 atom stereocenters. The van der Waals surface area contributed by atoms with Crippen LogP contribution in [0.15, 0.2) is 22.7 Å². The largest absolute Gasteiger partial charge is 0.369 e. The van der Waals surface area contributed by atoms with Gasteiger partial charge in [0.1, 0.15) is 0 Å². The zero-order chi connectivity index (χ0) is 12.5. The van der Waals surface area contributed by atoms with Gasteiger partial charge in [-0.15, -0.1) is 0 Å². The number of piperazine rings is 1. The molecule has 98 valence electrons. The summed E-state index contributed by atoms with van der Waals surface area (Å²) < 4.78 is 2.50. The van der Waals surface area contributed by atoms with Gasteiger partial charge >= 0.3 is 0 Å². The number of piperidine rings is 1. The number of rotatable bonds is 1. The summed E-state index contributed by atoms with van der Waals surface area (Å²) in [6.45, 7) is 4.93. The van der Waals surface area contributed by atoms with Crippen molar-refractivity contribution in [2.24, 2.45) is 0 Å². The maximum absolute atomic E-state index is 3.57. The Labute approximate surface area is 131 Å². The van der Waals surface area contributed by atoms with Crippen LogP contribution < -0.4 is 4.90 Å². The maximum atomic E-state index is 3.57. The van der Waals surface area contributed by atoms with E-state index >= 15 is 0 Å². The summed E-state index contributed by atoms with van der Waals surface area (Å²) in [5.74, 6) is 0. The summed E-state index contributed by atoms with van der Waals surface area (Å²) in [5, 5.41) is 0. The number of nitrogens with zero attached hydrogens (tertiary/aromatic N) is 2. The molecule has 0 N–H and O–H groups in total. The zero-order valence-electron chi connectivity index (χ0n) is 10.4. The van der Waals surface area contributed by atoms with Crippen molar-refractivity contribution in [2.45, 2.75) is 25.3 Å². The average Bonchev–Trinajstić information content (AvgIpc) is 2.41. The molecule has 0 amide bonds. The molecule has 0 saturated carbocycles. The fraction of sp³-hybridized carbons (Fsp3) is 0.571. The third-order valence-corrected chi connectivity index (χ3v) is 6.43.